The monoisotopic (exact) mass is 354 g/mol. The number of H-pyrrole nitrogens is 1. The van der Waals surface area contributed by atoms with Crippen molar-refractivity contribution in [1.29, 1.82) is 0 Å². The average molecular weight is 354 g/mol. The number of ether oxygens (including phenoxy) is 1. The minimum Gasteiger partial charge on any atom is -0.394 e. The number of nitrogens with one attached hydrogen (secondary N) is 1. The molecule has 24 heavy (non-hydrogen) atoms. The van der Waals surface area contributed by atoms with Gasteiger partial charge in [0.05, 0.1) is 17.0 Å². The Labute approximate surface area is 138 Å². The molecule has 1 aliphatic heterocycles. The summed E-state index contributed by atoms with van der Waals surface area (Å²) in [5.74, 6) is 0. The molecule has 0 amide bonds. The molecule has 10 heteroatoms. The Bertz CT molecular complexity index is 870. The van der Waals surface area contributed by atoms with Crippen LogP contribution in [-0.2, 0) is 4.74 Å². The second-order valence-corrected chi connectivity index (χ2v) is 6.37. The molecule has 4 atom stereocenters. The number of hydrogen-bond acceptors (Lipinski definition) is 8. The normalized spacial score (nSPS) is 26.6. The number of aliphatic hydroxyl groups is 3. The molecule has 0 bridgehead atoms. The Balaban J connectivity index is 2.06. The minimum absolute atomic E-state index is 0.116. The highest BCUT2D eigenvalue weighted by molar-refractivity contribution is 7.17. The maximum atomic E-state index is 12.0. The van der Waals surface area contributed by atoms with Gasteiger partial charge in [0.15, 0.2) is 12.5 Å². The van der Waals surface area contributed by atoms with E-state index in [1.807, 2.05) is 0 Å². The number of hydrogen-bond donors (Lipinski definition) is 4. The van der Waals surface area contributed by atoms with Crippen LogP contribution in [0, 0.1) is 0 Å². The fourth-order valence-electron chi connectivity index (χ4n) is 2.52. The molecular formula is C14H14N2O7S. The largest absolute Gasteiger partial charge is 0.394 e. The van der Waals surface area contributed by atoms with Gasteiger partial charge in [0, 0.05) is 11.1 Å². The fraction of sp³-hybridized carbons (Fsp3) is 0.357. The van der Waals surface area contributed by atoms with Gasteiger partial charge in [-0.3, -0.25) is 19.1 Å². The molecule has 9 nitrogen and oxygen atoms in total. The third-order valence-electron chi connectivity index (χ3n) is 3.77. The van der Waals surface area contributed by atoms with Crippen LogP contribution < -0.4 is 11.2 Å². The van der Waals surface area contributed by atoms with E-state index in [1.165, 1.54) is 12.3 Å². The van der Waals surface area contributed by atoms with Crippen molar-refractivity contribution in [2.75, 3.05) is 6.61 Å². The van der Waals surface area contributed by atoms with Gasteiger partial charge in [0.25, 0.3) is 5.56 Å². The molecule has 0 saturated carbocycles. The molecule has 3 heterocycles. The smallest absolute Gasteiger partial charge is 0.330 e. The number of aldehydes is 1. The van der Waals surface area contributed by atoms with Crippen LogP contribution in [0.25, 0.3) is 10.4 Å². The first kappa shape index (κ1) is 16.7. The van der Waals surface area contributed by atoms with Crippen molar-refractivity contribution in [2.24, 2.45) is 0 Å². The summed E-state index contributed by atoms with van der Waals surface area (Å²) in [7, 11) is 0. The Morgan fingerprint density at radius 3 is 2.62 bits per heavy atom. The predicted octanol–water partition coefficient (Wildman–Crippen LogP) is -1.31. The SMILES string of the molecule is O=Cc1ccc(-c2cn([C@H]3O[C@@H](CO)C(O)C3O)c(=O)[nH]c2=O)s1. The molecule has 3 rings (SSSR count). The van der Waals surface area contributed by atoms with E-state index in [9.17, 15) is 24.6 Å². The van der Waals surface area contributed by atoms with Crippen molar-refractivity contribution in [3.05, 3.63) is 44.0 Å². The molecule has 2 aromatic heterocycles. The molecule has 0 spiro atoms. The van der Waals surface area contributed by atoms with Crippen molar-refractivity contribution in [3.63, 3.8) is 0 Å². The van der Waals surface area contributed by atoms with Gasteiger partial charge in [0.1, 0.15) is 18.3 Å². The van der Waals surface area contributed by atoms with Crippen LogP contribution in [0.2, 0.25) is 0 Å². The Kier molecular flexibility index (Phi) is 4.47. The maximum Gasteiger partial charge on any atom is 0.330 e. The second-order valence-electron chi connectivity index (χ2n) is 5.26. The lowest BCUT2D eigenvalue weighted by atomic mass is 10.1. The van der Waals surface area contributed by atoms with Crippen LogP contribution in [0.4, 0.5) is 0 Å². The number of aromatic amines is 1. The number of aliphatic hydroxyl groups excluding tert-OH is 3. The van der Waals surface area contributed by atoms with Gasteiger partial charge < -0.3 is 20.1 Å². The summed E-state index contributed by atoms with van der Waals surface area (Å²) in [6.45, 7) is -0.534. The molecule has 0 aliphatic carbocycles. The number of nitrogens with zero attached hydrogens (tertiary/aromatic N) is 1. The number of thiophene rings is 1. The third kappa shape index (κ3) is 2.74. The van der Waals surface area contributed by atoms with Crippen LogP contribution in [0.3, 0.4) is 0 Å². The van der Waals surface area contributed by atoms with Crippen LogP contribution in [-0.4, -0.2) is 56.1 Å². The fourth-order valence-corrected chi connectivity index (χ4v) is 3.35. The molecule has 1 saturated heterocycles. The van der Waals surface area contributed by atoms with E-state index in [0.29, 0.717) is 16.0 Å². The van der Waals surface area contributed by atoms with E-state index in [0.717, 1.165) is 15.9 Å². The number of carbonyl (C=O) groups is 1. The van der Waals surface area contributed by atoms with Crippen molar-refractivity contribution >= 4 is 17.6 Å². The summed E-state index contributed by atoms with van der Waals surface area (Å²) in [5.41, 5.74) is -1.36. The van der Waals surface area contributed by atoms with Crippen molar-refractivity contribution < 1.29 is 24.9 Å². The lowest BCUT2D eigenvalue weighted by molar-refractivity contribution is -0.0549. The van der Waals surface area contributed by atoms with E-state index in [4.69, 9.17) is 9.84 Å². The molecule has 4 N–H and O–H groups in total. The van der Waals surface area contributed by atoms with Crippen molar-refractivity contribution in [3.8, 4) is 10.4 Å². The summed E-state index contributed by atoms with van der Waals surface area (Å²) >= 11 is 1.07. The van der Waals surface area contributed by atoms with Crippen LogP contribution in [0.1, 0.15) is 15.9 Å². The van der Waals surface area contributed by atoms with Gasteiger partial charge in [-0.15, -0.1) is 11.3 Å². The quantitative estimate of drug-likeness (QED) is 0.499. The van der Waals surface area contributed by atoms with Gasteiger partial charge in [-0.25, -0.2) is 4.79 Å². The highest BCUT2D eigenvalue weighted by Crippen LogP contribution is 2.29. The van der Waals surface area contributed by atoms with E-state index >= 15 is 0 Å². The van der Waals surface area contributed by atoms with E-state index in [-0.39, 0.29) is 5.56 Å². The zero-order chi connectivity index (χ0) is 17.4. The maximum absolute atomic E-state index is 12.0. The lowest BCUT2D eigenvalue weighted by Crippen LogP contribution is -2.38. The van der Waals surface area contributed by atoms with Gasteiger partial charge >= 0.3 is 5.69 Å². The van der Waals surface area contributed by atoms with Crippen LogP contribution >= 0.6 is 11.3 Å². The average Bonchev–Trinajstić information content (AvgIpc) is 3.14. The van der Waals surface area contributed by atoms with Gasteiger partial charge in [-0.2, -0.15) is 0 Å². The van der Waals surface area contributed by atoms with E-state index in [2.05, 4.69) is 4.98 Å². The first-order valence-corrected chi connectivity index (χ1v) is 7.81. The molecule has 2 unspecified atom stereocenters. The van der Waals surface area contributed by atoms with Crippen molar-refractivity contribution in [1.82, 2.24) is 9.55 Å². The molecule has 1 aliphatic rings. The summed E-state index contributed by atoms with van der Waals surface area (Å²) in [6, 6.07) is 3.10. The van der Waals surface area contributed by atoms with Crippen LogP contribution in [0.5, 0.6) is 0 Å². The Morgan fingerprint density at radius 2 is 2.04 bits per heavy atom. The highest BCUT2D eigenvalue weighted by atomic mass is 32.1. The van der Waals surface area contributed by atoms with Crippen LogP contribution in [0.15, 0.2) is 27.9 Å². The third-order valence-corrected chi connectivity index (χ3v) is 4.81. The molecule has 0 aromatic carbocycles. The Morgan fingerprint density at radius 1 is 1.29 bits per heavy atom. The van der Waals surface area contributed by atoms with E-state index in [1.54, 1.807) is 6.07 Å². The standard InChI is InChI=1S/C14H14N2O7S/c17-4-6-1-2-9(24-6)7-3-16(14(22)15-12(7)21)13-11(20)10(19)8(5-18)23-13/h1-4,8,10-11,13,18-20H,5H2,(H,15,21,22)/t8-,10?,11?,13-/m0/s1. The first-order valence-electron chi connectivity index (χ1n) is 6.99. The molecule has 2 aromatic rings. The predicted molar refractivity (Wildman–Crippen MR) is 83.0 cm³/mol. The molecule has 128 valence electrons. The molecule has 1 fully saturated rings. The highest BCUT2D eigenvalue weighted by Gasteiger charge is 2.43. The topological polar surface area (TPSA) is 142 Å². The lowest BCUT2D eigenvalue weighted by Gasteiger charge is -2.17. The summed E-state index contributed by atoms with van der Waals surface area (Å²) in [6.07, 6.45) is -3.29. The number of aromatic nitrogens is 2. The summed E-state index contributed by atoms with van der Waals surface area (Å²) in [5, 5.41) is 28.9. The molecular weight excluding hydrogens is 340 g/mol. The molecule has 0 radical (unpaired) electrons. The number of carbonyl (C=O) groups excluding carboxylic acids is 1. The zero-order valence-corrected chi connectivity index (χ0v) is 13.0. The van der Waals surface area contributed by atoms with Crippen molar-refractivity contribution in [2.45, 2.75) is 24.5 Å². The van der Waals surface area contributed by atoms with Gasteiger partial charge in [0.2, 0.25) is 0 Å². The zero-order valence-electron chi connectivity index (χ0n) is 12.2. The Hall–Kier alpha value is -2.11. The van der Waals surface area contributed by atoms with Gasteiger partial charge in [-0.05, 0) is 12.1 Å². The summed E-state index contributed by atoms with van der Waals surface area (Å²) < 4.78 is 6.24. The minimum atomic E-state index is -1.45. The first-order chi connectivity index (χ1) is 11.5. The van der Waals surface area contributed by atoms with E-state index < -0.39 is 42.4 Å². The second kappa shape index (κ2) is 6.42. The van der Waals surface area contributed by atoms with Gasteiger partial charge in [-0.1, -0.05) is 0 Å². The number of rotatable bonds is 4. The summed E-state index contributed by atoms with van der Waals surface area (Å²) in [4.78, 5) is 37.8.